The number of benzene rings is 1. The highest BCUT2D eigenvalue weighted by Gasteiger charge is 2.04. The van der Waals surface area contributed by atoms with Crippen molar-refractivity contribution in [3.8, 4) is 5.75 Å². The summed E-state index contributed by atoms with van der Waals surface area (Å²) < 4.78 is 5.30. The van der Waals surface area contributed by atoms with Gasteiger partial charge in [0.25, 0.3) is 0 Å². The van der Waals surface area contributed by atoms with Crippen LogP contribution in [0.15, 0.2) is 24.3 Å². The third-order valence-corrected chi connectivity index (χ3v) is 2.51. The number of methoxy groups -OCH3 is 1. The molecule has 0 heterocycles. The molecule has 1 rings (SSSR count). The smallest absolute Gasteiger partial charge is 0.126 e. The second-order valence-electron chi connectivity index (χ2n) is 5.80. The summed E-state index contributed by atoms with van der Waals surface area (Å²) >= 11 is 0. The van der Waals surface area contributed by atoms with Crippen molar-refractivity contribution < 1.29 is 9.84 Å². The zero-order chi connectivity index (χ0) is 15.5. The minimum absolute atomic E-state index is 0.183. The molecular weight excluding hydrogens is 248 g/mol. The summed E-state index contributed by atoms with van der Waals surface area (Å²) in [5.74, 6) is 2.22. The van der Waals surface area contributed by atoms with E-state index in [0.29, 0.717) is 12.3 Å². The van der Waals surface area contributed by atoms with E-state index in [2.05, 4.69) is 46.8 Å². The van der Waals surface area contributed by atoms with E-state index in [1.54, 1.807) is 7.11 Å². The molecule has 0 aromatic heterocycles. The average Bonchev–Trinajstić information content (AvgIpc) is 2.38. The Hall–Kier alpha value is -1.28. The maximum absolute atomic E-state index is 8.73. The van der Waals surface area contributed by atoms with Crippen LogP contribution in [0.2, 0.25) is 0 Å². The topological polar surface area (TPSA) is 29.5 Å². The van der Waals surface area contributed by atoms with Crippen LogP contribution in [0.3, 0.4) is 0 Å². The molecule has 0 aliphatic heterocycles. The van der Waals surface area contributed by atoms with Crippen LogP contribution in [0.1, 0.15) is 58.1 Å². The number of aliphatic hydroxyl groups excluding tert-OH is 1. The SMILES string of the molecule is CC(C)C.COc1ccc(C(C)C)cc1/C=C/CCO. The Kier molecular flexibility index (Phi) is 9.83. The van der Waals surface area contributed by atoms with E-state index in [4.69, 9.17) is 9.84 Å². The number of hydrogen-bond acceptors (Lipinski definition) is 2. The summed E-state index contributed by atoms with van der Waals surface area (Å²) in [6.07, 6.45) is 4.64. The van der Waals surface area contributed by atoms with Gasteiger partial charge in [-0.25, -0.2) is 0 Å². The summed E-state index contributed by atoms with van der Waals surface area (Å²) in [4.78, 5) is 0. The maximum atomic E-state index is 8.73. The number of hydrogen-bond donors (Lipinski definition) is 1. The molecule has 0 aliphatic carbocycles. The molecule has 0 aliphatic rings. The highest BCUT2D eigenvalue weighted by atomic mass is 16.5. The molecule has 0 radical (unpaired) electrons. The Morgan fingerprint density at radius 2 is 1.75 bits per heavy atom. The van der Waals surface area contributed by atoms with Crippen molar-refractivity contribution in [2.24, 2.45) is 5.92 Å². The molecular formula is C18H30O2. The van der Waals surface area contributed by atoms with Gasteiger partial charge in [0, 0.05) is 12.2 Å². The highest BCUT2D eigenvalue weighted by molar-refractivity contribution is 5.58. The molecule has 2 heteroatoms. The first-order valence-corrected chi connectivity index (χ1v) is 7.37. The fourth-order valence-corrected chi connectivity index (χ4v) is 1.53. The van der Waals surface area contributed by atoms with E-state index in [0.717, 1.165) is 17.2 Å². The number of rotatable bonds is 5. The maximum Gasteiger partial charge on any atom is 0.126 e. The second-order valence-corrected chi connectivity index (χ2v) is 5.80. The fourth-order valence-electron chi connectivity index (χ4n) is 1.53. The zero-order valence-electron chi connectivity index (χ0n) is 13.8. The van der Waals surface area contributed by atoms with Gasteiger partial charge in [0.15, 0.2) is 0 Å². The van der Waals surface area contributed by atoms with E-state index in [9.17, 15) is 0 Å². The van der Waals surface area contributed by atoms with E-state index >= 15 is 0 Å². The van der Waals surface area contributed by atoms with Crippen molar-refractivity contribution in [1.82, 2.24) is 0 Å². The first-order valence-electron chi connectivity index (χ1n) is 7.37. The summed E-state index contributed by atoms with van der Waals surface area (Å²) in [5, 5.41) is 8.73. The quantitative estimate of drug-likeness (QED) is 0.832. The van der Waals surface area contributed by atoms with E-state index in [1.165, 1.54) is 5.56 Å². The van der Waals surface area contributed by atoms with E-state index < -0.39 is 0 Å². The van der Waals surface area contributed by atoms with Crippen molar-refractivity contribution in [3.63, 3.8) is 0 Å². The average molecular weight is 278 g/mol. The van der Waals surface area contributed by atoms with Crippen LogP contribution in [0.25, 0.3) is 6.08 Å². The first kappa shape index (κ1) is 18.7. The van der Waals surface area contributed by atoms with E-state index in [-0.39, 0.29) is 6.61 Å². The Bertz CT molecular complexity index is 390. The minimum Gasteiger partial charge on any atom is -0.496 e. The molecule has 0 spiro atoms. The standard InChI is InChI=1S/C14H20O2.C4H10/c1-11(2)12-7-8-14(16-3)13(10-12)6-4-5-9-15;1-4(2)3/h4,6-8,10-11,15H,5,9H2,1-3H3;4H,1-3H3/b6-4+;. The lowest BCUT2D eigenvalue weighted by Crippen LogP contribution is -1.92. The molecule has 20 heavy (non-hydrogen) atoms. The van der Waals surface area contributed by atoms with Crippen LogP contribution in [0.5, 0.6) is 5.75 Å². The van der Waals surface area contributed by atoms with Crippen molar-refractivity contribution in [2.75, 3.05) is 13.7 Å². The Morgan fingerprint density at radius 3 is 2.20 bits per heavy atom. The van der Waals surface area contributed by atoms with Crippen LogP contribution in [0, 0.1) is 5.92 Å². The lowest BCUT2D eigenvalue weighted by molar-refractivity contribution is 0.303. The molecule has 1 aromatic rings. The Labute approximate surface area is 124 Å². The van der Waals surface area contributed by atoms with Gasteiger partial charge >= 0.3 is 0 Å². The van der Waals surface area contributed by atoms with Gasteiger partial charge in [-0.15, -0.1) is 0 Å². The Morgan fingerprint density at radius 1 is 1.15 bits per heavy atom. The molecule has 114 valence electrons. The monoisotopic (exact) mass is 278 g/mol. The van der Waals surface area contributed by atoms with Gasteiger partial charge in [-0.1, -0.05) is 52.8 Å². The van der Waals surface area contributed by atoms with Gasteiger partial charge in [0.2, 0.25) is 0 Å². The first-order chi connectivity index (χ1) is 9.42. The second kappa shape index (κ2) is 10.5. The molecule has 1 aromatic carbocycles. The van der Waals surface area contributed by atoms with Crippen LogP contribution in [-0.4, -0.2) is 18.8 Å². The van der Waals surface area contributed by atoms with Crippen molar-refractivity contribution >= 4 is 6.08 Å². The summed E-state index contributed by atoms with van der Waals surface area (Å²) in [7, 11) is 1.67. The largest absolute Gasteiger partial charge is 0.496 e. The number of aliphatic hydroxyl groups is 1. The van der Waals surface area contributed by atoms with Gasteiger partial charge in [-0.3, -0.25) is 0 Å². The zero-order valence-corrected chi connectivity index (χ0v) is 13.8. The summed E-state index contributed by atoms with van der Waals surface area (Å²) in [6, 6.07) is 6.22. The molecule has 0 saturated heterocycles. The molecule has 0 amide bonds. The predicted octanol–water partition coefficient (Wildman–Crippen LogP) is 4.88. The van der Waals surface area contributed by atoms with Crippen molar-refractivity contribution in [2.45, 2.75) is 47.0 Å². The van der Waals surface area contributed by atoms with Gasteiger partial charge in [0.05, 0.1) is 7.11 Å². The lowest BCUT2D eigenvalue weighted by Gasteiger charge is -2.10. The highest BCUT2D eigenvalue weighted by Crippen LogP contribution is 2.25. The van der Waals surface area contributed by atoms with Crippen molar-refractivity contribution in [1.29, 1.82) is 0 Å². The molecule has 0 unspecified atom stereocenters. The van der Waals surface area contributed by atoms with Gasteiger partial charge in [-0.05, 0) is 36.0 Å². The van der Waals surface area contributed by atoms with Crippen LogP contribution in [-0.2, 0) is 0 Å². The van der Waals surface area contributed by atoms with Crippen LogP contribution >= 0.6 is 0 Å². The predicted molar refractivity (Wildman–Crippen MR) is 88.3 cm³/mol. The summed E-state index contributed by atoms with van der Waals surface area (Å²) in [6.45, 7) is 11.0. The third kappa shape index (κ3) is 8.00. The fraction of sp³-hybridized carbons (Fsp3) is 0.556. The summed E-state index contributed by atoms with van der Waals surface area (Å²) in [5.41, 5.74) is 2.37. The molecule has 0 atom stereocenters. The van der Waals surface area contributed by atoms with Crippen molar-refractivity contribution in [3.05, 3.63) is 35.4 Å². The molecule has 0 bridgehead atoms. The molecule has 1 N–H and O–H groups in total. The Balaban J connectivity index is 0.000000796. The van der Waals surface area contributed by atoms with Crippen LogP contribution in [0.4, 0.5) is 0 Å². The van der Waals surface area contributed by atoms with Gasteiger partial charge < -0.3 is 9.84 Å². The van der Waals surface area contributed by atoms with Gasteiger partial charge in [0.1, 0.15) is 5.75 Å². The normalized spacial score (nSPS) is 10.8. The van der Waals surface area contributed by atoms with Crippen LogP contribution < -0.4 is 4.74 Å². The molecule has 0 fully saturated rings. The molecule has 2 nitrogen and oxygen atoms in total. The molecule has 0 saturated carbocycles. The number of ether oxygens (including phenoxy) is 1. The van der Waals surface area contributed by atoms with Gasteiger partial charge in [-0.2, -0.15) is 0 Å². The minimum atomic E-state index is 0.183. The lowest BCUT2D eigenvalue weighted by atomic mass is 10.00. The van der Waals surface area contributed by atoms with E-state index in [1.807, 2.05) is 18.2 Å². The third-order valence-electron chi connectivity index (χ3n) is 2.51.